The maximum absolute atomic E-state index is 12.5. The molecule has 7 heteroatoms. The van der Waals surface area contributed by atoms with Crippen molar-refractivity contribution < 1.29 is 9.53 Å². The summed E-state index contributed by atoms with van der Waals surface area (Å²) in [5.41, 5.74) is 1.49. The van der Waals surface area contributed by atoms with E-state index in [-0.39, 0.29) is 18.1 Å². The third-order valence-corrected chi connectivity index (χ3v) is 5.80. The number of rotatable bonds is 6. The highest BCUT2D eigenvalue weighted by Gasteiger charge is 2.22. The topological polar surface area (TPSA) is 72.3 Å². The highest BCUT2D eigenvalue weighted by Crippen LogP contribution is 2.31. The van der Waals surface area contributed by atoms with Gasteiger partial charge >= 0.3 is 0 Å². The molecule has 28 heavy (non-hydrogen) atoms. The van der Waals surface area contributed by atoms with Crippen LogP contribution < -0.4 is 5.32 Å². The van der Waals surface area contributed by atoms with Crippen LogP contribution in [-0.2, 0) is 4.74 Å². The molecule has 0 spiro atoms. The summed E-state index contributed by atoms with van der Waals surface area (Å²) in [5, 5.41) is 8.49. The van der Waals surface area contributed by atoms with Crippen molar-refractivity contribution in [2.75, 3.05) is 26.2 Å². The van der Waals surface area contributed by atoms with Crippen LogP contribution in [0.15, 0.2) is 18.5 Å². The number of nitrogens with zero attached hydrogens (tertiary/aromatic N) is 4. The van der Waals surface area contributed by atoms with Gasteiger partial charge in [0.1, 0.15) is 0 Å². The Morgan fingerprint density at radius 2 is 1.96 bits per heavy atom. The normalized spacial score (nSPS) is 24.1. The van der Waals surface area contributed by atoms with Crippen molar-refractivity contribution in [3.8, 4) is 0 Å². The van der Waals surface area contributed by atoms with Gasteiger partial charge in [0.25, 0.3) is 5.91 Å². The largest absolute Gasteiger partial charge is 0.373 e. The lowest BCUT2D eigenvalue weighted by Gasteiger charge is -2.35. The summed E-state index contributed by atoms with van der Waals surface area (Å²) in [5.74, 6) is -0.0632. The highest BCUT2D eigenvalue weighted by atomic mass is 16.5. The number of hydrogen-bond donors (Lipinski definition) is 1. The number of carbonyl (C=O) groups excluding carboxylic acids is 1. The van der Waals surface area contributed by atoms with Gasteiger partial charge in [-0.1, -0.05) is 12.8 Å². The predicted molar refractivity (Wildman–Crippen MR) is 108 cm³/mol. The molecule has 2 aromatic rings. The second-order valence-corrected chi connectivity index (χ2v) is 8.29. The van der Waals surface area contributed by atoms with Crippen LogP contribution in [0.5, 0.6) is 0 Å². The smallest absolute Gasteiger partial charge is 0.252 e. The number of ether oxygens (including phenoxy) is 1. The van der Waals surface area contributed by atoms with E-state index < -0.39 is 0 Å². The average Bonchev–Trinajstić information content (AvgIpc) is 3.33. The van der Waals surface area contributed by atoms with Crippen molar-refractivity contribution >= 4 is 16.9 Å². The van der Waals surface area contributed by atoms with E-state index in [2.05, 4.69) is 34.1 Å². The third kappa shape index (κ3) is 4.36. The van der Waals surface area contributed by atoms with Gasteiger partial charge in [-0.2, -0.15) is 5.10 Å². The number of nitrogens with one attached hydrogen (secondary N) is 1. The Bertz CT molecular complexity index is 804. The summed E-state index contributed by atoms with van der Waals surface area (Å²) in [6.45, 7) is 7.79. The van der Waals surface area contributed by atoms with Gasteiger partial charge in [-0.25, -0.2) is 9.67 Å². The van der Waals surface area contributed by atoms with E-state index in [1.165, 1.54) is 25.7 Å². The minimum absolute atomic E-state index is 0.0632. The lowest BCUT2D eigenvalue weighted by atomic mass is 10.2. The molecular weight excluding hydrogens is 354 g/mol. The van der Waals surface area contributed by atoms with Crippen molar-refractivity contribution in [2.45, 2.75) is 64.2 Å². The van der Waals surface area contributed by atoms with Crippen LogP contribution in [0.2, 0.25) is 0 Å². The Hall–Kier alpha value is -1.99. The van der Waals surface area contributed by atoms with E-state index in [0.29, 0.717) is 18.2 Å². The zero-order chi connectivity index (χ0) is 19.5. The maximum atomic E-state index is 12.5. The van der Waals surface area contributed by atoms with Crippen molar-refractivity contribution in [1.82, 2.24) is 25.0 Å². The molecular formula is C21H31N5O2. The van der Waals surface area contributed by atoms with Crippen LogP contribution in [0.3, 0.4) is 0 Å². The number of fused-ring (bicyclic) bond motifs is 1. The molecule has 4 rings (SSSR count). The van der Waals surface area contributed by atoms with Gasteiger partial charge in [0.15, 0.2) is 5.65 Å². The van der Waals surface area contributed by atoms with Crippen LogP contribution in [0.25, 0.3) is 11.0 Å². The van der Waals surface area contributed by atoms with E-state index in [0.717, 1.165) is 37.1 Å². The number of amides is 1. The number of carbonyl (C=O) groups is 1. The molecule has 2 aliphatic rings. The fourth-order valence-electron chi connectivity index (χ4n) is 4.55. The van der Waals surface area contributed by atoms with E-state index in [1.54, 1.807) is 6.20 Å². The molecule has 0 bridgehead atoms. The van der Waals surface area contributed by atoms with Gasteiger partial charge < -0.3 is 10.1 Å². The van der Waals surface area contributed by atoms with E-state index in [9.17, 15) is 4.79 Å². The minimum Gasteiger partial charge on any atom is -0.373 e. The molecule has 0 aromatic carbocycles. The Morgan fingerprint density at radius 1 is 1.21 bits per heavy atom. The molecule has 2 atom stereocenters. The predicted octanol–water partition coefficient (Wildman–Crippen LogP) is 2.78. The first-order valence-corrected chi connectivity index (χ1v) is 10.6. The highest BCUT2D eigenvalue weighted by molar-refractivity contribution is 5.96. The number of morpholine rings is 1. The maximum Gasteiger partial charge on any atom is 0.252 e. The van der Waals surface area contributed by atoms with Gasteiger partial charge in [0.05, 0.1) is 30.0 Å². The molecule has 1 N–H and O–H groups in total. The molecule has 1 saturated carbocycles. The van der Waals surface area contributed by atoms with E-state index in [1.807, 2.05) is 16.9 Å². The quantitative estimate of drug-likeness (QED) is 0.774. The molecule has 3 heterocycles. The second kappa shape index (κ2) is 8.57. The van der Waals surface area contributed by atoms with Crippen molar-refractivity contribution in [3.63, 3.8) is 0 Å². The van der Waals surface area contributed by atoms with Crippen LogP contribution in [0.1, 0.15) is 62.4 Å². The Kier molecular flexibility index (Phi) is 5.92. The van der Waals surface area contributed by atoms with Crippen molar-refractivity contribution in [1.29, 1.82) is 0 Å². The Labute approximate surface area is 166 Å². The first-order chi connectivity index (χ1) is 13.6. The molecule has 152 valence electrons. The van der Waals surface area contributed by atoms with E-state index >= 15 is 0 Å². The zero-order valence-electron chi connectivity index (χ0n) is 16.9. The molecule has 1 saturated heterocycles. The van der Waals surface area contributed by atoms with Gasteiger partial charge in [0.2, 0.25) is 0 Å². The number of aromatic nitrogens is 3. The Morgan fingerprint density at radius 3 is 2.71 bits per heavy atom. The SMILES string of the molecule is C[C@@H]1CN(CCCNC(=O)c2cnc3c(cnn3C3CCCC3)c2)C[C@H](C)O1. The second-order valence-electron chi connectivity index (χ2n) is 8.29. The van der Waals surface area contributed by atoms with Crippen molar-refractivity contribution in [3.05, 3.63) is 24.0 Å². The van der Waals surface area contributed by atoms with E-state index in [4.69, 9.17) is 4.74 Å². The number of hydrogen-bond acceptors (Lipinski definition) is 5. The summed E-state index contributed by atoms with van der Waals surface area (Å²) in [7, 11) is 0. The van der Waals surface area contributed by atoms with Crippen LogP contribution in [0, 0.1) is 0 Å². The van der Waals surface area contributed by atoms with Crippen molar-refractivity contribution in [2.24, 2.45) is 0 Å². The summed E-state index contributed by atoms with van der Waals surface area (Å²) >= 11 is 0. The Balaban J connectivity index is 1.29. The van der Waals surface area contributed by atoms with Gasteiger partial charge in [-0.15, -0.1) is 0 Å². The minimum atomic E-state index is -0.0632. The average molecular weight is 386 g/mol. The number of pyridine rings is 1. The van der Waals surface area contributed by atoms with Gasteiger partial charge in [-0.3, -0.25) is 9.69 Å². The van der Waals surface area contributed by atoms with Gasteiger partial charge in [-0.05, 0) is 39.2 Å². The standard InChI is InChI=1S/C21H31N5O2/c1-15-13-25(14-16(2)28-15)9-5-8-22-21(27)18-10-17-12-24-26(20(17)23-11-18)19-6-3-4-7-19/h10-12,15-16,19H,3-9,13-14H2,1-2H3,(H,22,27)/t15-,16+. The van der Waals surface area contributed by atoms with Crippen LogP contribution in [0.4, 0.5) is 0 Å². The molecule has 0 unspecified atom stereocenters. The first-order valence-electron chi connectivity index (χ1n) is 10.6. The third-order valence-electron chi connectivity index (χ3n) is 5.80. The summed E-state index contributed by atoms with van der Waals surface area (Å²) in [6.07, 6.45) is 9.85. The molecule has 7 nitrogen and oxygen atoms in total. The lowest BCUT2D eigenvalue weighted by Crippen LogP contribution is -2.46. The molecule has 0 radical (unpaired) electrons. The molecule has 1 aliphatic heterocycles. The molecule has 2 fully saturated rings. The molecule has 1 aliphatic carbocycles. The lowest BCUT2D eigenvalue weighted by molar-refractivity contribution is -0.0679. The van der Waals surface area contributed by atoms with Crippen LogP contribution >= 0.6 is 0 Å². The van der Waals surface area contributed by atoms with Crippen LogP contribution in [-0.4, -0.2) is 64.0 Å². The zero-order valence-corrected chi connectivity index (χ0v) is 16.9. The molecule has 2 aromatic heterocycles. The first kappa shape index (κ1) is 19.3. The van der Waals surface area contributed by atoms with Gasteiger partial charge in [0, 0.05) is 37.8 Å². The fourth-order valence-corrected chi connectivity index (χ4v) is 4.55. The molecule has 1 amide bonds. The summed E-state index contributed by atoms with van der Waals surface area (Å²) < 4.78 is 7.80. The monoisotopic (exact) mass is 385 g/mol. The summed E-state index contributed by atoms with van der Waals surface area (Å²) in [6, 6.07) is 2.36. The summed E-state index contributed by atoms with van der Waals surface area (Å²) in [4.78, 5) is 19.4. The fraction of sp³-hybridized carbons (Fsp3) is 0.667.